The summed E-state index contributed by atoms with van der Waals surface area (Å²) >= 11 is 0. The van der Waals surface area contributed by atoms with Gasteiger partial charge in [-0.05, 0) is 42.7 Å². The summed E-state index contributed by atoms with van der Waals surface area (Å²) in [7, 11) is 0. The largest absolute Gasteiger partial charge is 0.481 e. The number of nitrogens with zero attached hydrogens (tertiary/aromatic N) is 1. The van der Waals surface area contributed by atoms with Crippen LogP contribution in [0.2, 0.25) is 0 Å². The SMILES string of the molecule is CC1CC(C(=O)O)CN(C(=O)NC2CC(c3ccccc3F)C2)C1. The second-order valence-corrected chi connectivity index (χ2v) is 7.12. The monoisotopic (exact) mass is 334 g/mol. The standard InChI is InChI=1S/C18H23FN2O3/c1-11-6-13(17(22)23)10-21(9-11)18(24)20-14-7-12(8-14)15-4-2-3-5-16(15)19/h2-5,11-14H,6-10H2,1H3,(H,20,24)(H,22,23). The van der Waals surface area contributed by atoms with Gasteiger partial charge >= 0.3 is 12.0 Å². The molecule has 1 aliphatic heterocycles. The molecular weight excluding hydrogens is 311 g/mol. The van der Waals surface area contributed by atoms with Gasteiger partial charge in [-0.1, -0.05) is 25.1 Å². The normalized spacial score (nSPS) is 29.7. The van der Waals surface area contributed by atoms with Gasteiger partial charge in [-0.3, -0.25) is 4.79 Å². The second kappa shape index (κ2) is 6.79. The number of aliphatic carboxylic acids is 1. The number of hydrogen-bond donors (Lipinski definition) is 2. The number of rotatable bonds is 3. The topological polar surface area (TPSA) is 69.6 Å². The van der Waals surface area contributed by atoms with Crippen LogP contribution in [0.15, 0.2) is 24.3 Å². The lowest BCUT2D eigenvalue weighted by atomic mass is 9.75. The molecule has 0 radical (unpaired) electrons. The van der Waals surface area contributed by atoms with Crippen molar-refractivity contribution in [1.82, 2.24) is 10.2 Å². The fourth-order valence-corrected chi connectivity index (χ4v) is 3.76. The maximum absolute atomic E-state index is 13.8. The molecule has 1 aromatic rings. The van der Waals surface area contributed by atoms with Crippen molar-refractivity contribution in [1.29, 1.82) is 0 Å². The van der Waals surface area contributed by atoms with Gasteiger partial charge in [0.25, 0.3) is 0 Å². The van der Waals surface area contributed by atoms with E-state index >= 15 is 0 Å². The zero-order valence-electron chi connectivity index (χ0n) is 13.7. The number of benzene rings is 1. The number of hydrogen-bond acceptors (Lipinski definition) is 2. The first-order valence-corrected chi connectivity index (χ1v) is 8.46. The number of amides is 2. The van der Waals surface area contributed by atoms with E-state index in [2.05, 4.69) is 5.32 Å². The summed E-state index contributed by atoms with van der Waals surface area (Å²) in [5, 5.41) is 12.1. The molecule has 1 heterocycles. The smallest absolute Gasteiger partial charge is 0.317 e. The van der Waals surface area contributed by atoms with Crippen LogP contribution in [0.5, 0.6) is 0 Å². The fraction of sp³-hybridized carbons (Fsp3) is 0.556. The molecule has 1 saturated heterocycles. The Kier molecular flexibility index (Phi) is 4.73. The summed E-state index contributed by atoms with van der Waals surface area (Å²) < 4.78 is 13.8. The number of halogens is 1. The predicted molar refractivity (Wildman–Crippen MR) is 87.2 cm³/mol. The number of carbonyl (C=O) groups excluding carboxylic acids is 1. The number of carboxylic acids is 1. The van der Waals surface area contributed by atoms with Gasteiger partial charge in [-0.2, -0.15) is 0 Å². The van der Waals surface area contributed by atoms with Crippen molar-refractivity contribution in [3.8, 4) is 0 Å². The second-order valence-electron chi connectivity index (χ2n) is 7.12. The van der Waals surface area contributed by atoms with Gasteiger partial charge < -0.3 is 15.3 Å². The molecule has 0 bridgehead atoms. The summed E-state index contributed by atoms with van der Waals surface area (Å²) in [5.74, 6) is -1.21. The molecule has 2 aliphatic rings. The molecule has 1 aliphatic carbocycles. The minimum Gasteiger partial charge on any atom is -0.481 e. The molecule has 1 saturated carbocycles. The highest BCUT2D eigenvalue weighted by Crippen LogP contribution is 2.38. The van der Waals surface area contributed by atoms with Crippen LogP contribution in [0, 0.1) is 17.7 Å². The van der Waals surface area contributed by atoms with E-state index in [1.165, 1.54) is 6.07 Å². The van der Waals surface area contributed by atoms with Crippen molar-refractivity contribution in [2.75, 3.05) is 13.1 Å². The van der Waals surface area contributed by atoms with E-state index in [9.17, 15) is 19.1 Å². The molecule has 5 nitrogen and oxygen atoms in total. The molecule has 2 amide bonds. The average molecular weight is 334 g/mol. The molecule has 6 heteroatoms. The molecule has 0 aromatic heterocycles. The maximum atomic E-state index is 13.8. The third-order valence-corrected chi connectivity index (χ3v) is 5.11. The van der Waals surface area contributed by atoms with E-state index in [0.717, 1.165) is 12.8 Å². The van der Waals surface area contributed by atoms with Gasteiger partial charge in [0.1, 0.15) is 5.82 Å². The number of carbonyl (C=O) groups is 2. The number of nitrogens with one attached hydrogen (secondary N) is 1. The number of piperidine rings is 1. The first-order valence-electron chi connectivity index (χ1n) is 8.46. The first-order chi connectivity index (χ1) is 11.4. The van der Waals surface area contributed by atoms with Gasteiger partial charge in [0.05, 0.1) is 5.92 Å². The Morgan fingerprint density at radius 1 is 1.21 bits per heavy atom. The third-order valence-electron chi connectivity index (χ3n) is 5.11. The molecule has 0 spiro atoms. The Labute approximate surface area is 140 Å². The lowest BCUT2D eigenvalue weighted by molar-refractivity contribution is -0.143. The lowest BCUT2D eigenvalue weighted by Gasteiger charge is -2.40. The Morgan fingerprint density at radius 2 is 1.92 bits per heavy atom. The van der Waals surface area contributed by atoms with Crippen molar-refractivity contribution >= 4 is 12.0 Å². The maximum Gasteiger partial charge on any atom is 0.317 e. The number of urea groups is 1. The van der Waals surface area contributed by atoms with Crippen molar-refractivity contribution in [3.05, 3.63) is 35.6 Å². The van der Waals surface area contributed by atoms with Crippen LogP contribution >= 0.6 is 0 Å². The quantitative estimate of drug-likeness (QED) is 0.893. The Hall–Kier alpha value is -2.11. The van der Waals surface area contributed by atoms with Gasteiger partial charge in [-0.15, -0.1) is 0 Å². The molecule has 2 unspecified atom stereocenters. The van der Waals surface area contributed by atoms with Crippen LogP contribution < -0.4 is 5.32 Å². The van der Waals surface area contributed by atoms with E-state index in [0.29, 0.717) is 18.5 Å². The highest BCUT2D eigenvalue weighted by Gasteiger charge is 2.36. The van der Waals surface area contributed by atoms with Crippen molar-refractivity contribution in [2.45, 2.75) is 38.1 Å². The zero-order valence-corrected chi connectivity index (χ0v) is 13.7. The van der Waals surface area contributed by atoms with Gasteiger partial charge in [-0.25, -0.2) is 9.18 Å². The average Bonchev–Trinajstić information content (AvgIpc) is 2.50. The molecule has 130 valence electrons. The van der Waals surface area contributed by atoms with Crippen LogP contribution in [-0.2, 0) is 4.79 Å². The number of carboxylic acid groups (broad SMARTS) is 1. The Morgan fingerprint density at radius 3 is 2.58 bits per heavy atom. The van der Waals surface area contributed by atoms with Crippen LogP contribution in [-0.4, -0.2) is 41.1 Å². The molecule has 2 atom stereocenters. The van der Waals surface area contributed by atoms with E-state index in [-0.39, 0.29) is 36.3 Å². The first kappa shape index (κ1) is 16.7. The lowest BCUT2D eigenvalue weighted by Crippen LogP contribution is -2.53. The molecule has 24 heavy (non-hydrogen) atoms. The summed E-state index contributed by atoms with van der Waals surface area (Å²) in [6.07, 6.45) is 2.05. The molecular formula is C18H23FN2O3. The summed E-state index contributed by atoms with van der Waals surface area (Å²) in [6, 6.07) is 6.58. The molecule has 2 N–H and O–H groups in total. The summed E-state index contributed by atoms with van der Waals surface area (Å²) in [5.41, 5.74) is 0.709. The van der Waals surface area contributed by atoms with Crippen molar-refractivity contribution < 1.29 is 19.1 Å². The van der Waals surface area contributed by atoms with Crippen LogP contribution in [0.25, 0.3) is 0 Å². The minimum atomic E-state index is -0.845. The van der Waals surface area contributed by atoms with Crippen molar-refractivity contribution in [3.63, 3.8) is 0 Å². The van der Waals surface area contributed by atoms with Crippen molar-refractivity contribution in [2.24, 2.45) is 11.8 Å². The summed E-state index contributed by atoms with van der Waals surface area (Å²) in [4.78, 5) is 25.2. The van der Waals surface area contributed by atoms with Gasteiger partial charge in [0.2, 0.25) is 0 Å². The van der Waals surface area contributed by atoms with Crippen LogP contribution in [0.3, 0.4) is 0 Å². The van der Waals surface area contributed by atoms with Gasteiger partial charge in [0.15, 0.2) is 0 Å². The number of likely N-dealkylation sites (tertiary alicyclic amines) is 1. The van der Waals surface area contributed by atoms with E-state index in [1.54, 1.807) is 17.0 Å². The van der Waals surface area contributed by atoms with Gasteiger partial charge in [0, 0.05) is 19.1 Å². The highest BCUT2D eigenvalue weighted by atomic mass is 19.1. The van der Waals surface area contributed by atoms with E-state index in [4.69, 9.17) is 0 Å². The summed E-state index contributed by atoms with van der Waals surface area (Å²) in [6.45, 7) is 2.81. The van der Waals surface area contributed by atoms with Crippen LogP contribution in [0.1, 0.15) is 37.7 Å². The Bertz CT molecular complexity index is 630. The highest BCUT2D eigenvalue weighted by molar-refractivity contribution is 5.77. The third kappa shape index (κ3) is 3.52. The predicted octanol–water partition coefficient (Wildman–Crippen LogP) is 2.82. The fourth-order valence-electron chi connectivity index (χ4n) is 3.76. The minimum absolute atomic E-state index is 0.0302. The van der Waals surface area contributed by atoms with Crippen LogP contribution in [0.4, 0.5) is 9.18 Å². The molecule has 1 aromatic carbocycles. The molecule has 2 fully saturated rings. The Balaban J connectivity index is 1.52. The van der Waals surface area contributed by atoms with E-state index in [1.807, 2.05) is 13.0 Å². The molecule has 3 rings (SSSR count). The zero-order chi connectivity index (χ0) is 17.3. The van der Waals surface area contributed by atoms with E-state index < -0.39 is 11.9 Å².